The van der Waals surface area contributed by atoms with Crippen LogP contribution < -0.4 is 4.90 Å². The molecule has 2 saturated heterocycles. The van der Waals surface area contributed by atoms with Crippen molar-refractivity contribution in [2.45, 2.75) is 25.8 Å². The number of hydrogen-bond donors (Lipinski definition) is 0. The third kappa shape index (κ3) is 5.56. The van der Waals surface area contributed by atoms with Crippen molar-refractivity contribution in [1.29, 1.82) is 0 Å². The molecule has 0 N–H and O–H groups in total. The molecular formula is C32H35N5O3S. The van der Waals surface area contributed by atoms with Gasteiger partial charge in [0.2, 0.25) is 5.91 Å². The van der Waals surface area contributed by atoms with Crippen molar-refractivity contribution in [3.05, 3.63) is 87.9 Å². The second-order valence-electron chi connectivity index (χ2n) is 10.9. The van der Waals surface area contributed by atoms with Crippen LogP contribution in [0.5, 0.6) is 0 Å². The SMILES string of the molecule is C[C@H](c1nccs1)N1C(=O)c2cccc(N3CCC(C(=O)N4CCN(C/C=C/c5ccccc5)CC4)CC3)c2C1=O. The lowest BCUT2D eigenvalue weighted by atomic mass is 9.93. The molecule has 3 amide bonds. The molecule has 8 nitrogen and oxygen atoms in total. The van der Waals surface area contributed by atoms with E-state index in [4.69, 9.17) is 0 Å². The molecule has 1 aromatic heterocycles. The number of benzene rings is 2. The van der Waals surface area contributed by atoms with Gasteiger partial charge in [0, 0.05) is 63.3 Å². The van der Waals surface area contributed by atoms with Crippen LogP contribution in [0.1, 0.15) is 57.1 Å². The van der Waals surface area contributed by atoms with Crippen molar-refractivity contribution in [2.24, 2.45) is 5.92 Å². The first kappa shape index (κ1) is 27.4. The fourth-order valence-electron chi connectivity index (χ4n) is 6.13. The van der Waals surface area contributed by atoms with E-state index in [0.717, 1.165) is 56.3 Å². The molecule has 0 saturated carbocycles. The number of aromatic nitrogens is 1. The standard InChI is InChI=1S/C32H35N5O3S/c1-23(29-33-14-22-41-29)37-31(39)26-10-5-11-27(28(26)32(37)40)35-16-12-25(13-17-35)30(38)36-20-18-34(19-21-36)15-6-9-24-7-3-2-4-8-24/h2-11,14,22-23,25H,12-13,15-21H2,1H3/b9-6+/t23-/m1/s1. The van der Waals surface area contributed by atoms with Crippen LogP contribution in [-0.2, 0) is 4.79 Å². The highest BCUT2D eigenvalue weighted by molar-refractivity contribution is 7.09. The minimum absolute atomic E-state index is 0.00806. The summed E-state index contributed by atoms with van der Waals surface area (Å²) in [5.41, 5.74) is 2.91. The molecule has 0 aliphatic carbocycles. The molecule has 4 heterocycles. The molecule has 0 spiro atoms. The monoisotopic (exact) mass is 569 g/mol. The van der Waals surface area contributed by atoms with Crippen LogP contribution in [0.15, 0.2) is 66.2 Å². The molecule has 2 fully saturated rings. The summed E-state index contributed by atoms with van der Waals surface area (Å²) in [6.07, 6.45) is 7.51. The van der Waals surface area contributed by atoms with Gasteiger partial charge in [0.05, 0.1) is 22.9 Å². The molecule has 1 atom stereocenters. The van der Waals surface area contributed by atoms with Gasteiger partial charge in [0.1, 0.15) is 5.01 Å². The number of thiazole rings is 1. The van der Waals surface area contributed by atoms with Gasteiger partial charge in [0.15, 0.2) is 0 Å². The number of rotatable bonds is 7. The van der Waals surface area contributed by atoms with Crippen LogP contribution in [0.25, 0.3) is 6.08 Å². The van der Waals surface area contributed by atoms with E-state index < -0.39 is 6.04 Å². The quantitative estimate of drug-likeness (QED) is 0.388. The minimum atomic E-state index is -0.418. The third-order valence-electron chi connectivity index (χ3n) is 8.46. The Morgan fingerprint density at radius 1 is 0.976 bits per heavy atom. The maximum atomic E-state index is 13.5. The molecule has 3 aromatic rings. The Kier molecular flexibility index (Phi) is 7.98. The van der Waals surface area contributed by atoms with Gasteiger partial charge >= 0.3 is 0 Å². The van der Waals surface area contributed by atoms with E-state index in [1.807, 2.05) is 47.5 Å². The van der Waals surface area contributed by atoms with Crippen molar-refractivity contribution in [3.63, 3.8) is 0 Å². The van der Waals surface area contributed by atoms with E-state index in [1.54, 1.807) is 12.3 Å². The fourth-order valence-corrected chi connectivity index (χ4v) is 6.82. The smallest absolute Gasteiger partial charge is 0.264 e. The first-order valence-corrected chi connectivity index (χ1v) is 15.3. The zero-order chi connectivity index (χ0) is 28.3. The van der Waals surface area contributed by atoms with Gasteiger partial charge in [-0.2, -0.15) is 0 Å². The number of fused-ring (bicyclic) bond motifs is 1. The van der Waals surface area contributed by atoms with Gasteiger partial charge in [-0.25, -0.2) is 4.98 Å². The predicted molar refractivity (Wildman–Crippen MR) is 161 cm³/mol. The molecule has 41 heavy (non-hydrogen) atoms. The van der Waals surface area contributed by atoms with Crippen molar-refractivity contribution >= 4 is 40.8 Å². The summed E-state index contributed by atoms with van der Waals surface area (Å²) >= 11 is 1.44. The van der Waals surface area contributed by atoms with E-state index in [0.29, 0.717) is 24.2 Å². The maximum Gasteiger partial charge on any atom is 0.264 e. The number of carbonyl (C=O) groups excluding carboxylic acids is 3. The Balaban J connectivity index is 1.03. The molecule has 3 aliphatic rings. The fraction of sp³-hybridized carbons (Fsp3) is 0.375. The number of nitrogens with zero attached hydrogens (tertiary/aromatic N) is 5. The molecule has 0 unspecified atom stereocenters. The van der Waals surface area contributed by atoms with Crippen molar-refractivity contribution < 1.29 is 14.4 Å². The Bertz CT molecular complexity index is 1420. The minimum Gasteiger partial charge on any atom is -0.371 e. The van der Waals surface area contributed by atoms with Gasteiger partial charge in [-0.15, -0.1) is 11.3 Å². The number of piperidine rings is 1. The first-order chi connectivity index (χ1) is 20.0. The Labute approximate surface area is 244 Å². The summed E-state index contributed by atoms with van der Waals surface area (Å²) in [6, 6.07) is 15.4. The molecule has 0 radical (unpaired) electrons. The first-order valence-electron chi connectivity index (χ1n) is 14.4. The molecule has 0 bridgehead atoms. The van der Waals surface area contributed by atoms with Crippen LogP contribution in [0.2, 0.25) is 0 Å². The van der Waals surface area contributed by atoms with Gasteiger partial charge < -0.3 is 9.80 Å². The summed E-state index contributed by atoms with van der Waals surface area (Å²) in [6.45, 7) is 7.37. The zero-order valence-corrected chi connectivity index (χ0v) is 24.1. The molecular weight excluding hydrogens is 534 g/mol. The summed E-state index contributed by atoms with van der Waals surface area (Å²) in [7, 11) is 0. The molecule has 3 aliphatic heterocycles. The van der Waals surface area contributed by atoms with Crippen molar-refractivity contribution in [1.82, 2.24) is 19.7 Å². The van der Waals surface area contributed by atoms with Crippen LogP contribution in [0.4, 0.5) is 5.69 Å². The molecule has 212 valence electrons. The van der Waals surface area contributed by atoms with Crippen LogP contribution >= 0.6 is 11.3 Å². The van der Waals surface area contributed by atoms with Gasteiger partial charge in [-0.3, -0.25) is 24.2 Å². The van der Waals surface area contributed by atoms with E-state index in [1.165, 1.54) is 21.8 Å². The Hall–Kier alpha value is -3.82. The van der Waals surface area contributed by atoms with Crippen molar-refractivity contribution in [3.8, 4) is 0 Å². The predicted octanol–water partition coefficient (Wildman–Crippen LogP) is 4.57. The largest absolute Gasteiger partial charge is 0.371 e. The van der Waals surface area contributed by atoms with E-state index in [2.05, 4.69) is 39.1 Å². The summed E-state index contributed by atoms with van der Waals surface area (Å²) < 4.78 is 0. The zero-order valence-electron chi connectivity index (χ0n) is 23.3. The van der Waals surface area contributed by atoms with E-state index in [-0.39, 0.29) is 23.6 Å². The Morgan fingerprint density at radius 2 is 1.73 bits per heavy atom. The van der Waals surface area contributed by atoms with E-state index >= 15 is 0 Å². The number of hydrogen-bond acceptors (Lipinski definition) is 7. The lowest BCUT2D eigenvalue weighted by Gasteiger charge is -2.39. The van der Waals surface area contributed by atoms with Crippen LogP contribution in [0.3, 0.4) is 0 Å². The maximum absolute atomic E-state index is 13.5. The van der Waals surface area contributed by atoms with E-state index in [9.17, 15) is 14.4 Å². The normalized spacial score (nSPS) is 19.3. The molecule has 9 heteroatoms. The second-order valence-corrected chi connectivity index (χ2v) is 11.9. The number of amides is 3. The average molecular weight is 570 g/mol. The van der Waals surface area contributed by atoms with Crippen LogP contribution in [-0.4, -0.2) is 83.2 Å². The highest BCUT2D eigenvalue weighted by Gasteiger charge is 2.42. The highest BCUT2D eigenvalue weighted by Crippen LogP contribution is 2.38. The summed E-state index contributed by atoms with van der Waals surface area (Å²) in [5.74, 6) is -0.296. The van der Waals surface area contributed by atoms with Gasteiger partial charge in [0.25, 0.3) is 11.8 Å². The van der Waals surface area contributed by atoms with Crippen molar-refractivity contribution in [2.75, 3.05) is 50.7 Å². The van der Waals surface area contributed by atoms with Gasteiger partial charge in [-0.05, 0) is 37.5 Å². The topological polar surface area (TPSA) is 77.1 Å². The number of imide groups is 1. The summed E-state index contributed by atoms with van der Waals surface area (Å²) in [4.78, 5) is 52.4. The lowest BCUT2D eigenvalue weighted by molar-refractivity contribution is -0.137. The summed E-state index contributed by atoms with van der Waals surface area (Å²) in [5, 5.41) is 2.59. The highest BCUT2D eigenvalue weighted by atomic mass is 32.1. The average Bonchev–Trinajstić information content (AvgIpc) is 3.65. The Morgan fingerprint density at radius 3 is 2.44 bits per heavy atom. The molecule has 2 aromatic carbocycles. The van der Waals surface area contributed by atoms with Gasteiger partial charge in [-0.1, -0.05) is 48.6 Å². The number of piperazine rings is 1. The second kappa shape index (κ2) is 12.0. The lowest BCUT2D eigenvalue weighted by Crippen LogP contribution is -2.51. The third-order valence-corrected chi connectivity index (χ3v) is 9.41. The van der Waals surface area contributed by atoms with Crippen LogP contribution in [0, 0.1) is 5.92 Å². The number of anilines is 1. The number of carbonyl (C=O) groups is 3. The molecule has 6 rings (SSSR count).